The number of aliphatic hydroxyl groups excluding tert-OH is 1. The Bertz CT molecular complexity index is 486. The van der Waals surface area contributed by atoms with E-state index >= 15 is 0 Å². The number of amides is 1. The smallest absolute Gasteiger partial charge is 0.254 e. The molecule has 1 N–H and O–H groups in total. The molecule has 2 heterocycles. The standard InChI is InChI=1S/C14H17NO3/c1-18-9-4-5-10-11(7-9)14(17)15-6-2-3-13(15)12(10)8-16/h4-5,7,12-13,16H,2-3,6,8H2,1H3. The van der Waals surface area contributed by atoms with Gasteiger partial charge in [-0.3, -0.25) is 4.79 Å². The second kappa shape index (κ2) is 4.28. The average Bonchev–Trinajstić information content (AvgIpc) is 2.88. The predicted molar refractivity (Wildman–Crippen MR) is 66.9 cm³/mol. The molecule has 3 rings (SSSR count). The van der Waals surface area contributed by atoms with Gasteiger partial charge in [-0.25, -0.2) is 0 Å². The van der Waals surface area contributed by atoms with Crippen LogP contribution in [0.4, 0.5) is 0 Å². The van der Waals surface area contributed by atoms with Gasteiger partial charge in [0.05, 0.1) is 13.7 Å². The first-order valence-electron chi connectivity index (χ1n) is 6.36. The second-order valence-corrected chi connectivity index (χ2v) is 4.95. The first-order valence-corrected chi connectivity index (χ1v) is 6.36. The van der Waals surface area contributed by atoms with Crippen molar-refractivity contribution in [1.29, 1.82) is 0 Å². The van der Waals surface area contributed by atoms with Crippen LogP contribution in [0, 0.1) is 0 Å². The number of nitrogens with zero attached hydrogens (tertiary/aromatic N) is 1. The predicted octanol–water partition coefficient (Wildman–Crippen LogP) is 1.39. The van der Waals surface area contributed by atoms with Gasteiger partial charge in [0.2, 0.25) is 0 Å². The van der Waals surface area contributed by atoms with Crippen LogP contribution in [-0.4, -0.2) is 42.2 Å². The zero-order valence-corrected chi connectivity index (χ0v) is 10.4. The van der Waals surface area contributed by atoms with Gasteiger partial charge in [-0.05, 0) is 30.5 Å². The van der Waals surface area contributed by atoms with Crippen molar-refractivity contribution in [2.24, 2.45) is 0 Å². The summed E-state index contributed by atoms with van der Waals surface area (Å²) in [6, 6.07) is 5.74. The van der Waals surface area contributed by atoms with Crippen LogP contribution in [-0.2, 0) is 0 Å². The van der Waals surface area contributed by atoms with Crippen molar-refractivity contribution >= 4 is 5.91 Å². The number of carbonyl (C=O) groups excluding carboxylic acids is 1. The van der Waals surface area contributed by atoms with Crippen LogP contribution in [0.5, 0.6) is 5.75 Å². The van der Waals surface area contributed by atoms with Crippen molar-refractivity contribution in [2.45, 2.75) is 24.8 Å². The summed E-state index contributed by atoms with van der Waals surface area (Å²) in [5.74, 6) is 0.818. The van der Waals surface area contributed by atoms with Crippen molar-refractivity contribution < 1.29 is 14.6 Å². The van der Waals surface area contributed by atoms with E-state index < -0.39 is 0 Å². The molecule has 18 heavy (non-hydrogen) atoms. The number of ether oxygens (including phenoxy) is 1. The summed E-state index contributed by atoms with van der Waals surface area (Å²) in [6.45, 7) is 0.893. The Kier molecular flexibility index (Phi) is 2.74. The molecule has 0 radical (unpaired) electrons. The minimum absolute atomic E-state index is 0.0473. The molecule has 96 valence electrons. The minimum Gasteiger partial charge on any atom is -0.497 e. The Morgan fingerprint density at radius 1 is 1.50 bits per heavy atom. The summed E-state index contributed by atoms with van der Waals surface area (Å²) in [6.07, 6.45) is 2.01. The van der Waals surface area contributed by atoms with E-state index in [1.807, 2.05) is 17.0 Å². The molecule has 4 heteroatoms. The van der Waals surface area contributed by atoms with Crippen LogP contribution in [0.1, 0.15) is 34.7 Å². The molecule has 1 fully saturated rings. The molecule has 2 atom stereocenters. The third-order valence-electron chi connectivity index (χ3n) is 4.11. The fourth-order valence-corrected chi connectivity index (χ4v) is 3.22. The normalized spacial score (nSPS) is 25.9. The molecule has 0 aromatic heterocycles. The lowest BCUT2D eigenvalue weighted by Crippen LogP contribution is -2.45. The number of fused-ring (bicyclic) bond motifs is 2. The largest absolute Gasteiger partial charge is 0.497 e. The van der Waals surface area contributed by atoms with Crippen LogP contribution < -0.4 is 4.74 Å². The summed E-state index contributed by atoms with van der Waals surface area (Å²) < 4.78 is 5.18. The minimum atomic E-state index is 0.0473. The second-order valence-electron chi connectivity index (χ2n) is 4.95. The van der Waals surface area contributed by atoms with Gasteiger partial charge in [0.25, 0.3) is 5.91 Å². The third-order valence-corrected chi connectivity index (χ3v) is 4.11. The van der Waals surface area contributed by atoms with Crippen molar-refractivity contribution in [3.05, 3.63) is 29.3 Å². The maximum atomic E-state index is 12.4. The lowest BCUT2D eigenvalue weighted by atomic mass is 9.83. The molecule has 4 nitrogen and oxygen atoms in total. The molecule has 0 aliphatic carbocycles. The van der Waals surface area contributed by atoms with Gasteiger partial charge in [0.15, 0.2) is 0 Å². The fraction of sp³-hybridized carbons (Fsp3) is 0.500. The Hall–Kier alpha value is -1.55. The zero-order chi connectivity index (χ0) is 12.7. The zero-order valence-electron chi connectivity index (χ0n) is 10.4. The molecule has 0 saturated carbocycles. The quantitative estimate of drug-likeness (QED) is 0.859. The Morgan fingerprint density at radius 2 is 2.33 bits per heavy atom. The molecule has 0 bridgehead atoms. The van der Waals surface area contributed by atoms with E-state index in [1.54, 1.807) is 13.2 Å². The molecule has 1 amide bonds. The van der Waals surface area contributed by atoms with Gasteiger partial charge in [0.1, 0.15) is 5.75 Å². The van der Waals surface area contributed by atoms with Crippen LogP contribution in [0.15, 0.2) is 18.2 Å². The number of hydrogen-bond acceptors (Lipinski definition) is 3. The summed E-state index contributed by atoms with van der Waals surface area (Å²) in [4.78, 5) is 14.3. The fourth-order valence-electron chi connectivity index (χ4n) is 3.22. The highest BCUT2D eigenvalue weighted by molar-refractivity contribution is 5.98. The average molecular weight is 247 g/mol. The number of benzene rings is 1. The van der Waals surface area contributed by atoms with Crippen LogP contribution in [0.3, 0.4) is 0 Å². The van der Waals surface area contributed by atoms with Gasteiger partial charge in [-0.2, -0.15) is 0 Å². The molecule has 1 aromatic carbocycles. The van der Waals surface area contributed by atoms with E-state index in [2.05, 4.69) is 0 Å². The molecule has 2 aliphatic heterocycles. The third kappa shape index (κ3) is 1.52. The van der Waals surface area contributed by atoms with Gasteiger partial charge in [0, 0.05) is 24.1 Å². The van der Waals surface area contributed by atoms with E-state index in [0.29, 0.717) is 11.3 Å². The molecular formula is C14H17NO3. The molecule has 1 saturated heterocycles. The van der Waals surface area contributed by atoms with Gasteiger partial charge >= 0.3 is 0 Å². The van der Waals surface area contributed by atoms with E-state index in [9.17, 15) is 9.90 Å². The first-order chi connectivity index (χ1) is 8.76. The van der Waals surface area contributed by atoms with Crippen LogP contribution in [0.2, 0.25) is 0 Å². The lowest BCUT2D eigenvalue weighted by molar-refractivity contribution is 0.0652. The Balaban J connectivity index is 2.11. The lowest BCUT2D eigenvalue weighted by Gasteiger charge is -2.37. The highest BCUT2D eigenvalue weighted by Gasteiger charge is 2.41. The molecular weight excluding hydrogens is 230 g/mol. The van der Waals surface area contributed by atoms with Crippen LogP contribution >= 0.6 is 0 Å². The van der Waals surface area contributed by atoms with E-state index in [4.69, 9.17) is 4.74 Å². The van der Waals surface area contributed by atoms with E-state index in [-0.39, 0.29) is 24.5 Å². The first kappa shape index (κ1) is 11.5. The number of hydrogen-bond donors (Lipinski definition) is 1. The van der Waals surface area contributed by atoms with Gasteiger partial charge in [-0.1, -0.05) is 6.07 Å². The monoisotopic (exact) mass is 247 g/mol. The maximum Gasteiger partial charge on any atom is 0.254 e. The maximum absolute atomic E-state index is 12.4. The highest BCUT2D eigenvalue weighted by atomic mass is 16.5. The number of carbonyl (C=O) groups is 1. The van der Waals surface area contributed by atoms with Crippen LogP contribution in [0.25, 0.3) is 0 Å². The van der Waals surface area contributed by atoms with Crippen molar-refractivity contribution in [3.63, 3.8) is 0 Å². The summed E-state index contributed by atoms with van der Waals surface area (Å²) >= 11 is 0. The highest BCUT2D eigenvalue weighted by Crippen LogP contribution is 2.39. The Labute approximate surface area is 106 Å². The van der Waals surface area contributed by atoms with Crippen molar-refractivity contribution in [1.82, 2.24) is 4.90 Å². The van der Waals surface area contributed by atoms with Gasteiger partial charge < -0.3 is 14.7 Å². The number of rotatable bonds is 2. The molecule has 2 aliphatic rings. The number of aliphatic hydroxyl groups is 1. The SMILES string of the molecule is COc1ccc2c(c1)C(=O)N1CCCC1C2CO. The van der Waals surface area contributed by atoms with Crippen molar-refractivity contribution in [2.75, 3.05) is 20.3 Å². The van der Waals surface area contributed by atoms with Crippen molar-refractivity contribution in [3.8, 4) is 5.75 Å². The van der Waals surface area contributed by atoms with E-state index in [0.717, 1.165) is 24.9 Å². The summed E-state index contributed by atoms with van der Waals surface area (Å²) in [5.41, 5.74) is 1.65. The summed E-state index contributed by atoms with van der Waals surface area (Å²) in [5, 5.41) is 9.63. The molecule has 1 aromatic rings. The Morgan fingerprint density at radius 3 is 3.06 bits per heavy atom. The molecule has 0 spiro atoms. The summed E-state index contributed by atoms with van der Waals surface area (Å²) in [7, 11) is 1.59. The topological polar surface area (TPSA) is 49.8 Å². The number of methoxy groups -OCH3 is 1. The van der Waals surface area contributed by atoms with Gasteiger partial charge in [-0.15, -0.1) is 0 Å². The molecule has 2 unspecified atom stereocenters. The van der Waals surface area contributed by atoms with E-state index in [1.165, 1.54) is 0 Å².